The van der Waals surface area contributed by atoms with E-state index in [1.807, 2.05) is 0 Å². The number of nitrogens with one attached hydrogen (secondary N) is 1. The summed E-state index contributed by atoms with van der Waals surface area (Å²) >= 11 is 0. The summed E-state index contributed by atoms with van der Waals surface area (Å²) in [5.74, 6) is 1.44. The van der Waals surface area contributed by atoms with Crippen LogP contribution in [0, 0.1) is 5.92 Å². The summed E-state index contributed by atoms with van der Waals surface area (Å²) < 4.78 is 30.4. The summed E-state index contributed by atoms with van der Waals surface area (Å²) in [7, 11) is -0.471. The fourth-order valence-electron chi connectivity index (χ4n) is 2.64. The molecule has 0 amide bonds. The van der Waals surface area contributed by atoms with Crippen LogP contribution in [-0.4, -0.2) is 32.9 Å². The molecule has 1 aromatic heterocycles. The van der Waals surface area contributed by atoms with Crippen LogP contribution >= 0.6 is 0 Å². The van der Waals surface area contributed by atoms with Crippen molar-refractivity contribution in [2.24, 2.45) is 5.92 Å². The molecule has 114 valence electrons. The van der Waals surface area contributed by atoms with Gasteiger partial charge >= 0.3 is 0 Å². The van der Waals surface area contributed by atoms with Crippen LogP contribution in [0.15, 0.2) is 21.6 Å². The Morgan fingerprint density at radius 1 is 1.35 bits per heavy atom. The van der Waals surface area contributed by atoms with E-state index < -0.39 is 10.0 Å². The van der Waals surface area contributed by atoms with E-state index >= 15 is 0 Å². The van der Waals surface area contributed by atoms with Gasteiger partial charge in [0, 0.05) is 20.1 Å². The topological polar surface area (TPSA) is 62.6 Å². The van der Waals surface area contributed by atoms with Gasteiger partial charge in [-0.05, 0) is 30.9 Å². The van der Waals surface area contributed by atoms with E-state index in [0.29, 0.717) is 18.3 Å². The van der Waals surface area contributed by atoms with Crippen molar-refractivity contribution in [1.82, 2.24) is 9.62 Å². The molecule has 1 heterocycles. The van der Waals surface area contributed by atoms with Crippen molar-refractivity contribution < 1.29 is 12.8 Å². The van der Waals surface area contributed by atoms with Gasteiger partial charge in [-0.2, -0.15) is 0 Å². The van der Waals surface area contributed by atoms with E-state index in [1.54, 1.807) is 6.07 Å². The smallest absolute Gasteiger partial charge is 0.275 e. The summed E-state index contributed by atoms with van der Waals surface area (Å²) in [6, 6.07) is 3.77. The largest absolute Gasteiger partial charge is 0.447 e. The van der Waals surface area contributed by atoms with E-state index in [0.717, 1.165) is 10.2 Å². The number of hydrogen-bond donors (Lipinski definition) is 1. The fourth-order valence-corrected chi connectivity index (χ4v) is 3.45. The number of nitrogens with zero attached hydrogens (tertiary/aromatic N) is 1. The van der Waals surface area contributed by atoms with Crippen molar-refractivity contribution in [2.45, 2.75) is 50.3 Å². The molecule has 1 N–H and O–H groups in total. The molecule has 6 heteroatoms. The Hall–Kier alpha value is -0.850. The van der Waals surface area contributed by atoms with Gasteiger partial charge in [-0.1, -0.05) is 19.8 Å². The Labute approximate surface area is 121 Å². The Morgan fingerprint density at radius 2 is 2.10 bits per heavy atom. The standard InChI is InChI=1S/C14H24N2O3S/c1-11-5-4-6-12(9-11)15-10-13-7-8-14(19-13)20(17,18)16(2)3/h7-8,11-12,15H,4-6,9-10H2,1-3H3. The number of sulfonamides is 1. The molecule has 5 nitrogen and oxygen atoms in total. The first-order chi connectivity index (χ1) is 9.39. The first kappa shape index (κ1) is 15.5. The second-order valence-corrected chi connectivity index (χ2v) is 7.94. The van der Waals surface area contributed by atoms with Crippen LogP contribution in [0.2, 0.25) is 0 Å². The average Bonchev–Trinajstić information content (AvgIpc) is 2.85. The summed E-state index contributed by atoms with van der Waals surface area (Å²) in [6.45, 7) is 2.86. The maximum Gasteiger partial charge on any atom is 0.275 e. The minimum atomic E-state index is -3.47. The van der Waals surface area contributed by atoms with Crippen molar-refractivity contribution >= 4 is 10.0 Å². The molecule has 1 aromatic rings. The molecule has 1 fully saturated rings. The molecule has 0 bridgehead atoms. The van der Waals surface area contributed by atoms with Gasteiger partial charge in [0.15, 0.2) is 0 Å². The van der Waals surface area contributed by atoms with Crippen LogP contribution in [-0.2, 0) is 16.6 Å². The molecule has 2 rings (SSSR count). The normalized spacial score (nSPS) is 24.2. The molecular formula is C14H24N2O3S. The van der Waals surface area contributed by atoms with Crippen molar-refractivity contribution in [1.29, 1.82) is 0 Å². The first-order valence-corrected chi connectivity index (χ1v) is 8.58. The van der Waals surface area contributed by atoms with Crippen LogP contribution in [0.1, 0.15) is 38.4 Å². The second kappa shape index (κ2) is 6.28. The predicted molar refractivity (Wildman–Crippen MR) is 77.8 cm³/mol. The summed E-state index contributed by atoms with van der Waals surface area (Å²) in [4.78, 5) is 0. The van der Waals surface area contributed by atoms with E-state index in [4.69, 9.17) is 4.42 Å². The predicted octanol–water partition coefficient (Wildman–Crippen LogP) is 2.20. The van der Waals surface area contributed by atoms with E-state index in [9.17, 15) is 8.42 Å². The molecule has 0 aliphatic heterocycles. The Bertz CT molecular complexity index is 536. The highest BCUT2D eigenvalue weighted by Crippen LogP contribution is 2.24. The molecule has 2 unspecified atom stereocenters. The fraction of sp³-hybridized carbons (Fsp3) is 0.714. The van der Waals surface area contributed by atoms with Crippen molar-refractivity contribution in [2.75, 3.05) is 14.1 Å². The van der Waals surface area contributed by atoms with Gasteiger partial charge in [-0.3, -0.25) is 0 Å². The molecule has 0 radical (unpaired) electrons. The zero-order valence-corrected chi connectivity index (χ0v) is 13.2. The van der Waals surface area contributed by atoms with Crippen molar-refractivity contribution in [3.8, 4) is 0 Å². The van der Waals surface area contributed by atoms with E-state index in [-0.39, 0.29) is 5.09 Å². The highest BCUT2D eigenvalue weighted by molar-refractivity contribution is 7.88. The lowest BCUT2D eigenvalue weighted by molar-refractivity contribution is 0.289. The lowest BCUT2D eigenvalue weighted by Crippen LogP contribution is -2.32. The second-order valence-electron chi connectivity index (χ2n) is 5.86. The molecule has 1 aliphatic rings. The van der Waals surface area contributed by atoms with Crippen LogP contribution in [0.3, 0.4) is 0 Å². The lowest BCUT2D eigenvalue weighted by atomic mass is 9.87. The van der Waals surface area contributed by atoms with Crippen LogP contribution < -0.4 is 5.32 Å². The third-order valence-electron chi connectivity index (χ3n) is 3.87. The molecule has 2 atom stereocenters. The zero-order valence-electron chi connectivity index (χ0n) is 12.4. The van der Waals surface area contributed by atoms with Gasteiger partial charge in [0.05, 0.1) is 6.54 Å². The Balaban J connectivity index is 1.93. The number of rotatable bonds is 5. The van der Waals surface area contributed by atoms with Gasteiger partial charge in [-0.15, -0.1) is 0 Å². The molecule has 1 aliphatic carbocycles. The Morgan fingerprint density at radius 3 is 2.75 bits per heavy atom. The van der Waals surface area contributed by atoms with Gasteiger partial charge in [0.1, 0.15) is 5.76 Å². The number of furan rings is 1. The first-order valence-electron chi connectivity index (χ1n) is 7.14. The quantitative estimate of drug-likeness (QED) is 0.905. The average molecular weight is 300 g/mol. The molecular weight excluding hydrogens is 276 g/mol. The maximum absolute atomic E-state index is 11.9. The zero-order chi connectivity index (χ0) is 14.8. The summed E-state index contributed by atoms with van der Waals surface area (Å²) in [6.07, 6.45) is 4.94. The molecule has 0 saturated heterocycles. The van der Waals surface area contributed by atoms with Crippen LogP contribution in [0.25, 0.3) is 0 Å². The van der Waals surface area contributed by atoms with Gasteiger partial charge in [0.2, 0.25) is 5.09 Å². The minimum Gasteiger partial charge on any atom is -0.447 e. The van der Waals surface area contributed by atoms with E-state index in [1.165, 1.54) is 45.8 Å². The number of hydrogen-bond acceptors (Lipinski definition) is 4. The Kier molecular flexibility index (Phi) is 4.88. The summed E-state index contributed by atoms with van der Waals surface area (Å²) in [5.41, 5.74) is 0. The van der Waals surface area contributed by atoms with Crippen LogP contribution in [0.5, 0.6) is 0 Å². The van der Waals surface area contributed by atoms with Gasteiger partial charge < -0.3 is 9.73 Å². The van der Waals surface area contributed by atoms with Gasteiger partial charge in [0.25, 0.3) is 10.0 Å². The van der Waals surface area contributed by atoms with E-state index in [2.05, 4.69) is 12.2 Å². The summed E-state index contributed by atoms with van der Waals surface area (Å²) in [5, 5.41) is 3.47. The van der Waals surface area contributed by atoms with Gasteiger partial charge in [-0.25, -0.2) is 12.7 Å². The monoisotopic (exact) mass is 300 g/mol. The van der Waals surface area contributed by atoms with Crippen molar-refractivity contribution in [3.63, 3.8) is 0 Å². The highest BCUT2D eigenvalue weighted by Gasteiger charge is 2.22. The lowest BCUT2D eigenvalue weighted by Gasteiger charge is -2.27. The molecule has 20 heavy (non-hydrogen) atoms. The third kappa shape index (κ3) is 3.62. The molecule has 0 spiro atoms. The third-order valence-corrected chi connectivity index (χ3v) is 5.56. The molecule has 1 saturated carbocycles. The SMILES string of the molecule is CC1CCCC(NCc2ccc(S(=O)(=O)N(C)C)o2)C1. The van der Waals surface area contributed by atoms with Crippen molar-refractivity contribution in [3.05, 3.63) is 17.9 Å². The minimum absolute atomic E-state index is 0.0105. The highest BCUT2D eigenvalue weighted by atomic mass is 32.2. The molecule has 0 aromatic carbocycles. The maximum atomic E-state index is 11.9. The van der Waals surface area contributed by atoms with Crippen LogP contribution in [0.4, 0.5) is 0 Å².